The predicted octanol–water partition coefficient (Wildman–Crippen LogP) is 4.46. The summed E-state index contributed by atoms with van der Waals surface area (Å²) in [6.07, 6.45) is 6.74. The van der Waals surface area contributed by atoms with E-state index in [0.717, 1.165) is 55.3 Å². The summed E-state index contributed by atoms with van der Waals surface area (Å²) in [5, 5.41) is 18.2. The van der Waals surface area contributed by atoms with Crippen LogP contribution in [0.25, 0.3) is 0 Å². The summed E-state index contributed by atoms with van der Waals surface area (Å²) in [5.41, 5.74) is 7.29. The van der Waals surface area contributed by atoms with Crippen molar-refractivity contribution < 1.29 is 9.90 Å². The second kappa shape index (κ2) is 6.84. The minimum Gasteiger partial charge on any atom is -0.508 e. The fourth-order valence-corrected chi connectivity index (χ4v) is 8.39. The molecule has 4 aliphatic rings. The predicted molar refractivity (Wildman–Crippen MR) is 126 cm³/mol. The van der Waals surface area contributed by atoms with Crippen molar-refractivity contribution >= 4 is 5.91 Å². The molecule has 1 heterocycles. The van der Waals surface area contributed by atoms with Crippen molar-refractivity contribution in [2.75, 3.05) is 6.54 Å². The lowest BCUT2D eigenvalue weighted by molar-refractivity contribution is -0.0321. The number of nitrogens with one attached hydrogen (secondary N) is 2. The van der Waals surface area contributed by atoms with Gasteiger partial charge in [-0.15, -0.1) is 0 Å². The van der Waals surface area contributed by atoms with E-state index in [9.17, 15) is 9.90 Å². The number of hydrogen-bond donors (Lipinski definition) is 3. The minimum absolute atomic E-state index is 0.0508. The van der Waals surface area contributed by atoms with Gasteiger partial charge in [-0.2, -0.15) is 0 Å². The third-order valence-corrected chi connectivity index (χ3v) is 9.88. The Balaban J connectivity index is 1.44. The molecule has 1 saturated heterocycles. The summed E-state index contributed by atoms with van der Waals surface area (Å²) < 4.78 is 0. The van der Waals surface area contributed by atoms with Gasteiger partial charge in [0, 0.05) is 23.1 Å². The van der Waals surface area contributed by atoms with E-state index >= 15 is 0 Å². The molecule has 3 N–H and O–H groups in total. The maximum atomic E-state index is 13.2. The number of benzene rings is 2. The van der Waals surface area contributed by atoms with Crippen LogP contribution in [-0.2, 0) is 11.8 Å². The van der Waals surface area contributed by atoms with Crippen LogP contribution in [0.2, 0.25) is 0 Å². The molecule has 2 aromatic rings. The summed E-state index contributed by atoms with van der Waals surface area (Å²) in [7, 11) is 0. The highest BCUT2D eigenvalue weighted by atomic mass is 16.3. The molecule has 5 atom stereocenters. The van der Waals surface area contributed by atoms with Gasteiger partial charge in [0.25, 0.3) is 5.91 Å². The third-order valence-electron chi connectivity index (χ3n) is 9.88. The minimum atomic E-state index is 0.0508. The van der Waals surface area contributed by atoms with Crippen LogP contribution in [0.15, 0.2) is 30.3 Å². The molecular formula is C28H34N2O2. The highest BCUT2D eigenvalue weighted by Crippen LogP contribution is 2.71. The van der Waals surface area contributed by atoms with Crippen molar-refractivity contribution in [1.29, 1.82) is 0 Å². The zero-order valence-electron chi connectivity index (χ0n) is 19.4. The number of piperidine rings is 1. The summed E-state index contributed by atoms with van der Waals surface area (Å²) in [6.45, 7) is 7.28. The molecule has 4 bridgehead atoms. The van der Waals surface area contributed by atoms with E-state index in [0.29, 0.717) is 17.7 Å². The van der Waals surface area contributed by atoms with E-state index < -0.39 is 0 Å². The molecule has 4 heteroatoms. The van der Waals surface area contributed by atoms with Crippen LogP contribution < -0.4 is 10.6 Å². The van der Waals surface area contributed by atoms with Crippen LogP contribution in [0.4, 0.5) is 0 Å². The van der Waals surface area contributed by atoms with Crippen molar-refractivity contribution in [2.24, 2.45) is 11.3 Å². The largest absolute Gasteiger partial charge is 0.508 e. The lowest BCUT2D eigenvalue weighted by atomic mass is 9.43. The third kappa shape index (κ3) is 2.45. The van der Waals surface area contributed by atoms with E-state index in [4.69, 9.17) is 0 Å². The van der Waals surface area contributed by atoms with Crippen LogP contribution in [0.3, 0.4) is 0 Å². The molecule has 4 unspecified atom stereocenters. The summed E-state index contributed by atoms with van der Waals surface area (Å²) in [6, 6.07) is 10.7. The topological polar surface area (TPSA) is 61.4 Å². The SMILES string of the molecule is Cc1cccc(C(=O)NC2CCC34CCC2C32CCN[C@@H]4Cc3c2cc(O)c(C)c3C)c1. The summed E-state index contributed by atoms with van der Waals surface area (Å²) in [5.74, 6) is 0.919. The molecule has 2 aromatic carbocycles. The van der Waals surface area contributed by atoms with Gasteiger partial charge in [-0.25, -0.2) is 0 Å². The fraction of sp³-hybridized carbons (Fsp3) is 0.536. The maximum Gasteiger partial charge on any atom is 0.251 e. The van der Waals surface area contributed by atoms with Crippen molar-refractivity contribution in [1.82, 2.24) is 10.6 Å². The molecule has 2 saturated carbocycles. The molecule has 6 rings (SSSR count). The first-order chi connectivity index (χ1) is 15.4. The number of fused-ring (bicyclic) bond motifs is 1. The lowest BCUT2D eigenvalue weighted by Crippen LogP contribution is -2.69. The zero-order valence-corrected chi connectivity index (χ0v) is 19.4. The van der Waals surface area contributed by atoms with E-state index in [2.05, 4.69) is 23.6 Å². The van der Waals surface area contributed by atoms with E-state index in [1.54, 1.807) is 0 Å². The van der Waals surface area contributed by atoms with Crippen molar-refractivity contribution in [3.63, 3.8) is 0 Å². The van der Waals surface area contributed by atoms with E-state index in [1.807, 2.05) is 38.1 Å². The van der Waals surface area contributed by atoms with Crippen LogP contribution >= 0.6 is 0 Å². The van der Waals surface area contributed by atoms with Gasteiger partial charge < -0.3 is 15.7 Å². The number of rotatable bonds is 2. The van der Waals surface area contributed by atoms with Gasteiger partial charge in [0.1, 0.15) is 5.75 Å². The lowest BCUT2D eigenvalue weighted by Gasteiger charge is -2.64. The second-order valence-corrected chi connectivity index (χ2v) is 10.9. The number of phenolic OH excluding ortho intramolecular Hbond substituents is 1. The van der Waals surface area contributed by atoms with Gasteiger partial charge in [0.05, 0.1) is 0 Å². The number of aryl methyl sites for hydroxylation is 1. The van der Waals surface area contributed by atoms with Gasteiger partial charge in [-0.1, -0.05) is 17.7 Å². The molecule has 3 fully saturated rings. The highest BCUT2D eigenvalue weighted by molar-refractivity contribution is 5.94. The van der Waals surface area contributed by atoms with Gasteiger partial charge in [0.2, 0.25) is 0 Å². The molecule has 0 radical (unpaired) electrons. The van der Waals surface area contributed by atoms with Gasteiger partial charge >= 0.3 is 0 Å². The van der Waals surface area contributed by atoms with Crippen molar-refractivity contribution in [3.05, 3.63) is 63.7 Å². The number of hydrogen-bond acceptors (Lipinski definition) is 3. The average Bonchev–Trinajstić information content (AvgIpc) is 3.03. The Morgan fingerprint density at radius 3 is 2.72 bits per heavy atom. The van der Waals surface area contributed by atoms with Crippen LogP contribution in [-0.4, -0.2) is 29.6 Å². The number of carbonyl (C=O) groups is 1. The van der Waals surface area contributed by atoms with E-state index in [1.165, 1.54) is 23.1 Å². The normalized spacial score (nSPS) is 34.5. The monoisotopic (exact) mass is 430 g/mol. The fourth-order valence-electron chi connectivity index (χ4n) is 8.39. The van der Waals surface area contributed by atoms with Gasteiger partial charge in [-0.3, -0.25) is 4.79 Å². The molecule has 168 valence electrons. The quantitative estimate of drug-likeness (QED) is 0.659. The Kier molecular flexibility index (Phi) is 4.33. The first kappa shape index (κ1) is 20.3. The molecule has 0 aromatic heterocycles. The van der Waals surface area contributed by atoms with Crippen LogP contribution in [0.5, 0.6) is 5.75 Å². The van der Waals surface area contributed by atoms with E-state index in [-0.39, 0.29) is 22.8 Å². The van der Waals surface area contributed by atoms with Crippen LogP contribution in [0.1, 0.15) is 70.3 Å². The number of phenols is 1. The Bertz CT molecular complexity index is 1120. The number of aromatic hydroxyl groups is 1. The first-order valence-corrected chi connectivity index (χ1v) is 12.3. The molecule has 1 amide bonds. The Labute approximate surface area is 190 Å². The average molecular weight is 431 g/mol. The molecule has 1 aliphatic heterocycles. The highest BCUT2D eigenvalue weighted by Gasteiger charge is 2.70. The molecule has 32 heavy (non-hydrogen) atoms. The van der Waals surface area contributed by atoms with Gasteiger partial charge in [0.15, 0.2) is 0 Å². The van der Waals surface area contributed by atoms with Crippen molar-refractivity contribution in [2.45, 2.75) is 76.8 Å². The summed E-state index contributed by atoms with van der Waals surface area (Å²) >= 11 is 0. The van der Waals surface area contributed by atoms with Crippen molar-refractivity contribution in [3.8, 4) is 5.75 Å². The van der Waals surface area contributed by atoms with Gasteiger partial charge in [-0.05, 0) is 118 Å². The number of carbonyl (C=O) groups excluding carboxylic acids is 1. The Morgan fingerprint density at radius 2 is 1.91 bits per heavy atom. The molecule has 0 spiro atoms. The Hall–Kier alpha value is -2.33. The second-order valence-electron chi connectivity index (χ2n) is 10.9. The van der Waals surface area contributed by atoms with Crippen LogP contribution in [0, 0.1) is 32.1 Å². The Morgan fingerprint density at radius 1 is 1.09 bits per heavy atom. The standard InChI is InChI=1S/C28H34N2O2/c1-16-5-4-6-19(13-16)26(32)30-23-8-10-27-9-7-21(23)28(27)11-12-29-25(27)14-20-17(2)18(3)24(31)15-22(20)28/h4-6,13,15,21,23,25,29,31H,7-12,14H2,1-3H3,(H,30,32)/t21?,23?,25-,27?,28?/m1/s1. The number of amides is 1. The smallest absolute Gasteiger partial charge is 0.251 e. The summed E-state index contributed by atoms with van der Waals surface area (Å²) in [4.78, 5) is 13.2. The molecule has 3 aliphatic carbocycles. The maximum absolute atomic E-state index is 13.2. The zero-order chi connectivity index (χ0) is 22.3. The first-order valence-electron chi connectivity index (χ1n) is 12.3. The molecule has 4 nitrogen and oxygen atoms in total. The molecular weight excluding hydrogens is 396 g/mol.